The molecule has 5 rings (SSSR count). The lowest BCUT2D eigenvalue weighted by molar-refractivity contribution is 0.0629. The van der Waals surface area contributed by atoms with Crippen LogP contribution >= 0.6 is 11.3 Å². The maximum Gasteiger partial charge on any atom is 0.257 e. The van der Waals surface area contributed by atoms with Crippen molar-refractivity contribution in [1.29, 1.82) is 0 Å². The molecule has 2 aromatic heterocycles. The lowest BCUT2D eigenvalue weighted by Crippen LogP contribution is -2.48. The number of rotatable bonds is 4. The monoisotopic (exact) mass is 410 g/mol. The molecule has 1 amide bonds. The highest BCUT2D eigenvalue weighted by atomic mass is 32.1. The summed E-state index contributed by atoms with van der Waals surface area (Å²) in [6, 6.07) is 7.86. The zero-order valence-corrected chi connectivity index (χ0v) is 16.8. The molecule has 0 aliphatic carbocycles. The van der Waals surface area contributed by atoms with Crippen LogP contribution in [0.1, 0.15) is 15.9 Å². The summed E-state index contributed by atoms with van der Waals surface area (Å²) in [7, 11) is 0. The molecular formula is C21H22N4O3S. The first kappa shape index (κ1) is 18.2. The van der Waals surface area contributed by atoms with Gasteiger partial charge in [0.05, 0.1) is 17.5 Å². The number of benzene rings is 1. The molecule has 3 aromatic rings. The minimum absolute atomic E-state index is 0.0128. The minimum atomic E-state index is 0.0128. The van der Waals surface area contributed by atoms with E-state index in [2.05, 4.69) is 31.9 Å². The van der Waals surface area contributed by atoms with Crippen LogP contribution in [-0.2, 0) is 6.54 Å². The van der Waals surface area contributed by atoms with Crippen LogP contribution in [0.5, 0.6) is 11.5 Å². The fourth-order valence-corrected chi connectivity index (χ4v) is 4.45. The normalized spacial score (nSPS) is 16.8. The van der Waals surface area contributed by atoms with E-state index in [-0.39, 0.29) is 5.91 Å². The van der Waals surface area contributed by atoms with E-state index in [1.165, 1.54) is 5.56 Å². The Morgan fingerprint density at radius 3 is 2.72 bits per heavy atom. The largest absolute Gasteiger partial charge is 0.486 e. The summed E-state index contributed by atoms with van der Waals surface area (Å²) in [5, 5.41) is 11.4. The number of nitrogens with one attached hydrogen (secondary N) is 1. The van der Waals surface area contributed by atoms with Crippen molar-refractivity contribution in [1.82, 2.24) is 20.0 Å². The fourth-order valence-electron chi connectivity index (χ4n) is 3.79. The van der Waals surface area contributed by atoms with Gasteiger partial charge in [-0.25, -0.2) is 0 Å². The first-order chi connectivity index (χ1) is 14.3. The Morgan fingerprint density at radius 1 is 1.10 bits per heavy atom. The van der Waals surface area contributed by atoms with Gasteiger partial charge in [0.2, 0.25) is 0 Å². The average molecular weight is 410 g/mol. The number of hydrogen-bond acceptors (Lipinski definition) is 6. The molecule has 4 heterocycles. The maximum absolute atomic E-state index is 13.2. The summed E-state index contributed by atoms with van der Waals surface area (Å²) in [6.45, 7) is 5.21. The number of ether oxygens (including phenoxy) is 2. The number of piperazine rings is 1. The predicted octanol–water partition coefficient (Wildman–Crippen LogP) is 2.87. The molecule has 2 aliphatic heterocycles. The highest BCUT2D eigenvalue weighted by Gasteiger charge is 2.26. The molecule has 2 aliphatic rings. The number of nitrogens with zero attached hydrogens (tertiary/aromatic N) is 3. The van der Waals surface area contributed by atoms with Gasteiger partial charge in [-0.15, -0.1) is 0 Å². The molecule has 29 heavy (non-hydrogen) atoms. The van der Waals surface area contributed by atoms with Gasteiger partial charge in [0.1, 0.15) is 13.2 Å². The SMILES string of the molecule is O=C(c1cn[nH]c1-c1ccc2c(c1)OCCO2)N1CCN(Cc2ccsc2)CC1. The van der Waals surface area contributed by atoms with Gasteiger partial charge in [0.25, 0.3) is 5.91 Å². The number of carbonyl (C=O) groups is 1. The second kappa shape index (κ2) is 7.88. The molecule has 7 nitrogen and oxygen atoms in total. The zero-order valence-electron chi connectivity index (χ0n) is 16.0. The van der Waals surface area contributed by atoms with Gasteiger partial charge >= 0.3 is 0 Å². The van der Waals surface area contributed by atoms with Crippen LogP contribution in [0.2, 0.25) is 0 Å². The van der Waals surface area contributed by atoms with Crippen molar-refractivity contribution in [2.75, 3.05) is 39.4 Å². The number of aromatic amines is 1. The van der Waals surface area contributed by atoms with E-state index in [1.54, 1.807) is 17.5 Å². The Labute approximate surface area is 172 Å². The Hall–Kier alpha value is -2.84. The summed E-state index contributed by atoms with van der Waals surface area (Å²) in [6.07, 6.45) is 1.62. The van der Waals surface area contributed by atoms with Crippen molar-refractivity contribution in [3.63, 3.8) is 0 Å². The van der Waals surface area contributed by atoms with E-state index in [0.29, 0.717) is 43.3 Å². The molecule has 0 saturated carbocycles. The summed E-state index contributed by atoms with van der Waals surface area (Å²) in [5.41, 5.74) is 3.51. The van der Waals surface area contributed by atoms with Crippen molar-refractivity contribution >= 4 is 17.2 Å². The molecule has 0 unspecified atom stereocenters. The topological polar surface area (TPSA) is 70.7 Å². The van der Waals surface area contributed by atoms with Crippen LogP contribution in [-0.4, -0.2) is 65.3 Å². The third kappa shape index (κ3) is 3.73. The number of amides is 1. The number of thiophene rings is 1. The lowest BCUT2D eigenvalue weighted by Gasteiger charge is -2.34. The highest BCUT2D eigenvalue weighted by Crippen LogP contribution is 2.35. The third-order valence-corrected chi connectivity index (χ3v) is 6.08. The van der Waals surface area contributed by atoms with E-state index >= 15 is 0 Å². The summed E-state index contributed by atoms with van der Waals surface area (Å²) >= 11 is 1.72. The molecule has 0 atom stereocenters. The van der Waals surface area contributed by atoms with Crippen molar-refractivity contribution in [3.8, 4) is 22.8 Å². The molecular weight excluding hydrogens is 388 g/mol. The smallest absolute Gasteiger partial charge is 0.257 e. The number of hydrogen-bond donors (Lipinski definition) is 1. The van der Waals surface area contributed by atoms with Gasteiger partial charge < -0.3 is 14.4 Å². The van der Waals surface area contributed by atoms with E-state index in [4.69, 9.17) is 9.47 Å². The van der Waals surface area contributed by atoms with Gasteiger partial charge in [0.15, 0.2) is 11.5 Å². The molecule has 0 radical (unpaired) electrons. The van der Waals surface area contributed by atoms with Gasteiger partial charge in [-0.2, -0.15) is 16.4 Å². The Kier molecular flexibility index (Phi) is 4.95. The van der Waals surface area contributed by atoms with Crippen LogP contribution in [0.25, 0.3) is 11.3 Å². The van der Waals surface area contributed by atoms with Crippen molar-refractivity contribution in [3.05, 3.63) is 52.3 Å². The Morgan fingerprint density at radius 2 is 1.93 bits per heavy atom. The van der Waals surface area contributed by atoms with Crippen LogP contribution in [0.3, 0.4) is 0 Å². The fraction of sp³-hybridized carbons (Fsp3) is 0.333. The third-order valence-electron chi connectivity index (χ3n) is 5.35. The Balaban J connectivity index is 1.29. The molecule has 1 fully saturated rings. The second-order valence-electron chi connectivity index (χ2n) is 7.22. The maximum atomic E-state index is 13.2. The molecule has 1 N–H and O–H groups in total. The average Bonchev–Trinajstić information content (AvgIpc) is 3.45. The van der Waals surface area contributed by atoms with Crippen molar-refractivity contribution in [2.45, 2.75) is 6.54 Å². The summed E-state index contributed by atoms with van der Waals surface area (Å²) in [4.78, 5) is 17.5. The number of aromatic nitrogens is 2. The Bertz CT molecular complexity index is 993. The van der Waals surface area contributed by atoms with Gasteiger partial charge in [-0.05, 0) is 40.6 Å². The zero-order chi connectivity index (χ0) is 19.6. The quantitative estimate of drug-likeness (QED) is 0.716. The summed E-state index contributed by atoms with van der Waals surface area (Å²) < 4.78 is 11.3. The number of carbonyl (C=O) groups excluding carboxylic acids is 1. The van der Waals surface area contributed by atoms with E-state index in [1.807, 2.05) is 23.1 Å². The number of fused-ring (bicyclic) bond motifs is 1. The van der Waals surface area contributed by atoms with Crippen molar-refractivity contribution in [2.24, 2.45) is 0 Å². The van der Waals surface area contributed by atoms with Crippen LogP contribution in [0, 0.1) is 0 Å². The van der Waals surface area contributed by atoms with Gasteiger partial charge in [-0.1, -0.05) is 0 Å². The first-order valence-electron chi connectivity index (χ1n) is 9.74. The highest BCUT2D eigenvalue weighted by molar-refractivity contribution is 7.07. The molecule has 150 valence electrons. The molecule has 0 spiro atoms. The minimum Gasteiger partial charge on any atom is -0.486 e. The molecule has 1 aromatic carbocycles. The molecule has 1 saturated heterocycles. The van der Waals surface area contributed by atoms with E-state index in [0.717, 1.165) is 30.9 Å². The first-order valence-corrected chi connectivity index (χ1v) is 10.7. The van der Waals surface area contributed by atoms with E-state index < -0.39 is 0 Å². The number of H-pyrrole nitrogens is 1. The standard InChI is InChI=1S/C21H22N4O3S/c26-21(25-6-4-24(5-7-25)13-15-3-10-29-14-15)17-12-22-23-20(17)16-1-2-18-19(11-16)28-9-8-27-18/h1-3,10-12,14H,4-9,13H2,(H,22,23). The van der Waals surface area contributed by atoms with Gasteiger partial charge in [-0.3, -0.25) is 14.8 Å². The van der Waals surface area contributed by atoms with Crippen LogP contribution in [0.15, 0.2) is 41.2 Å². The predicted molar refractivity (Wildman–Crippen MR) is 111 cm³/mol. The van der Waals surface area contributed by atoms with Gasteiger partial charge in [0, 0.05) is 38.3 Å². The van der Waals surface area contributed by atoms with Crippen LogP contribution in [0.4, 0.5) is 0 Å². The second-order valence-corrected chi connectivity index (χ2v) is 8.00. The van der Waals surface area contributed by atoms with Crippen molar-refractivity contribution < 1.29 is 14.3 Å². The summed E-state index contributed by atoms with van der Waals surface area (Å²) in [5.74, 6) is 1.44. The lowest BCUT2D eigenvalue weighted by atomic mass is 10.1. The molecule has 0 bridgehead atoms. The van der Waals surface area contributed by atoms with Crippen LogP contribution < -0.4 is 9.47 Å². The molecule has 8 heteroatoms. The van der Waals surface area contributed by atoms with E-state index in [9.17, 15) is 4.79 Å².